The Hall–Kier alpha value is -1.76. The summed E-state index contributed by atoms with van der Waals surface area (Å²) in [5.74, 6) is 0. The van der Waals surface area contributed by atoms with Gasteiger partial charge in [0.15, 0.2) is 0 Å². The van der Waals surface area contributed by atoms with E-state index in [2.05, 4.69) is 6.07 Å². The minimum Gasteiger partial charge on any atom is -0.392 e. The van der Waals surface area contributed by atoms with Crippen molar-refractivity contribution < 1.29 is 5.11 Å². The summed E-state index contributed by atoms with van der Waals surface area (Å²) in [4.78, 5) is 2.17. The lowest BCUT2D eigenvalue weighted by Gasteiger charge is -2.03. The molecule has 0 unspecified atom stereocenters. The van der Waals surface area contributed by atoms with Gasteiger partial charge < -0.3 is 5.11 Å². The van der Waals surface area contributed by atoms with Crippen LogP contribution in [0.25, 0.3) is 0 Å². The summed E-state index contributed by atoms with van der Waals surface area (Å²) in [5, 5.41) is 17.8. The van der Waals surface area contributed by atoms with Gasteiger partial charge in [0.1, 0.15) is 0 Å². The summed E-state index contributed by atoms with van der Waals surface area (Å²) in [5.41, 5.74) is 1.57. The van der Waals surface area contributed by atoms with E-state index in [0.717, 1.165) is 15.4 Å². The van der Waals surface area contributed by atoms with Crippen LogP contribution in [0.2, 0.25) is 0 Å². The summed E-state index contributed by atoms with van der Waals surface area (Å²) < 4.78 is 0. The first kappa shape index (κ1) is 11.7. The molecule has 0 amide bonds. The van der Waals surface area contributed by atoms with Gasteiger partial charge in [-0.25, -0.2) is 0 Å². The molecular formula is C14H11NOS. The normalized spacial score (nSPS) is 9.88. The zero-order valence-electron chi connectivity index (χ0n) is 9.13. The van der Waals surface area contributed by atoms with Crippen molar-refractivity contribution in [1.29, 1.82) is 5.26 Å². The monoisotopic (exact) mass is 241 g/mol. The highest BCUT2D eigenvalue weighted by Crippen LogP contribution is 2.28. The maximum atomic E-state index is 9.05. The SMILES string of the molecule is N#Cc1ccc(Sc2cccc(CO)c2)cc1. The number of nitrogens with zero attached hydrogens (tertiary/aromatic N) is 1. The second-order valence-electron chi connectivity index (χ2n) is 3.54. The van der Waals surface area contributed by atoms with Crippen LogP contribution in [-0.2, 0) is 6.61 Å². The third kappa shape index (κ3) is 3.10. The second kappa shape index (κ2) is 5.53. The van der Waals surface area contributed by atoms with Gasteiger partial charge in [-0.05, 0) is 42.0 Å². The molecule has 2 nitrogen and oxygen atoms in total. The molecule has 2 aromatic rings. The van der Waals surface area contributed by atoms with Crippen molar-refractivity contribution in [2.75, 3.05) is 0 Å². The molecule has 0 aromatic heterocycles. The quantitative estimate of drug-likeness (QED) is 0.897. The summed E-state index contributed by atoms with van der Waals surface area (Å²) in [6.07, 6.45) is 0. The molecule has 0 spiro atoms. The fourth-order valence-corrected chi connectivity index (χ4v) is 2.34. The van der Waals surface area contributed by atoms with E-state index in [1.54, 1.807) is 23.9 Å². The van der Waals surface area contributed by atoms with Gasteiger partial charge in [-0.1, -0.05) is 23.9 Å². The Morgan fingerprint density at radius 2 is 1.82 bits per heavy atom. The van der Waals surface area contributed by atoms with E-state index in [4.69, 9.17) is 10.4 Å². The van der Waals surface area contributed by atoms with E-state index in [9.17, 15) is 0 Å². The molecule has 2 rings (SSSR count). The third-order valence-electron chi connectivity index (χ3n) is 2.30. The maximum Gasteiger partial charge on any atom is 0.0991 e. The second-order valence-corrected chi connectivity index (χ2v) is 4.69. The van der Waals surface area contributed by atoms with Crippen molar-refractivity contribution in [3.05, 3.63) is 59.7 Å². The molecule has 0 bridgehead atoms. The molecule has 0 heterocycles. The average molecular weight is 241 g/mol. The molecule has 84 valence electrons. The van der Waals surface area contributed by atoms with Crippen molar-refractivity contribution in [2.45, 2.75) is 16.4 Å². The van der Waals surface area contributed by atoms with Gasteiger partial charge >= 0.3 is 0 Å². The molecule has 0 atom stereocenters. The Labute approximate surface area is 105 Å². The van der Waals surface area contributed by atoms with Crippen LogP contribution in [0.1, 0.15) is 11.1 Å². The molecule has 0 aliphatic rings. The topological polar surface area (TPSA) is 44.0 Å². The Balaban J connectivity index is 2.16. The zero-order valence-corrected chi connectivity index (χ0v) is 9.95. The van der Waals surface area contributed by atoms with Crippen molar-refractivity contribution >= 4 is 11.8 Å². The standard InChI is InChI=1S/C14H11NOS/c15-9-11-4-6-13(7-5-11)17-14-3-1-2-12(8-14)10-16/h1-8,16H,10H2. The van der Waals surface area contributed by atoms with E-state index in [1.807, 2.05) is 36.4 Å². The van der Waals surface area contributed by atoms with Crippen molar-refractivity contribution in [3.63, 3.8) is 0 Å². The minimum absolute atomic E-state index is 0.0573. The largest absolute Gasteiger partial charge is 0.392 e. The summed E-state index contributed by atoms with van der Waals surface area (Å²) in [6.45, 7) is 0.0573. The molecule has 0 aliphatic heterocycles. The summed E-state index contributed by atoms with van der Waals surface area (Å²) >= 11 is 1.62. The number of aliphatic hydroxyl groups is 1. The maximum absolute atomic E-state index is 9.05. The van der Waals surface area contributed by atoms with Gasteiger partial charge in [0.2, 0.25) is 0 Å². The Bertz CT molecular complexity index is 543. The fraction of sp³-hybridized carbons (Fsp3) is 0.0714. The molecule has 0 radical (unpaired) electrons. The van der Waals surface area contributed by atoms with E-state index in [1.165, 1.54) is 0 Å². The van der Waals surface area contributed by atoms with Crippen LogP contribution in [0, 0.1) is 11.3 Å². The van der Waals surface area contributed by atoms with Gasteiger partial charge in [0, 0.05) is 9.79 Å². The third-order valence-corrected chi connectivity index (χ3v) is 3.30. The molecule has 0 saturated carbocycles. The lowest BCUT2D eigenvalue weighted by Crippen LogP contribution is -1.82. The van der Waals surface area contributed by atoms with Crippen LogP contribution in [0.4, 0.5) is 0 Å². The number of aliphatic hydroxyl groups excluding tert-OH is 1. The van der Waals surface area contributed by atoms with Crippen molar-refractivity contribution in [3.8, 4) is 6.07 Å². The smallest absolute Gasteiger partial charge is 0.0991 e. The highest BCUT2D eigenvalue weighted by Gasteiger charge is 1.99. The average Bonchev–Trinajstić information content (AvgIpc) is 2.40. The minimum atomic E-state index is 0.0573. The highest BCUT2D eigenvalue weighted by molar-refractivity contribution is 7.99. The number of rotatable bonds is 3. The number of hydrogen-bond acceptors (Lipinski definition) is 3. The molecule has 17 heavy (non-hydrogen) atoms. The van der Waals surface area contributed by atoms with E-state index in [-0.39, 0.29) is 6.61 Å². The first-order valence-electron chi connectivity index (χ1n) is 5.19. The molecule has 3 heteroatoms. The number of benzene rings is 2. The van der Waals surface area contributed by atoms with Crippen LogP contribution in [-0.4, -0.2) is 5.11 Å². The van der Waals surface area contributed by atoms with Gasteiger partial charge in [0.05, 0.1) is 18.2 Å². The lowest BCUT2D eigenvalue weighted by molar-refractivity contribution is 0.281. The Morgan fingerprint density at radius 1 is 1.06 bits per heavy atom. The lowest BCUT2D eigenvalue weighted by atomic mass is 10.2. The fourth-order valence-electron chi connectivity index (χ4n) is 1.44. The Morgan fingerprint density at radius 3 is 2.47 bits per heavy atom. The summed E-state index contributed by atoms with van der Waals surface area (Å²) in [6, 6.07) is 17.3. The highest BCUT2D eigenvalue weighted by atomic mass is 32.2. The predicted octanol–water partition coefficient (Wildman–Crippen LogP) is 3.20. The van der Waals surface area contributed by atoms with Gasteiger partial charge in [-0.3, -0.25) is 0 Å². The first-order chi connectivity index (χ1) is 8.31. The predicted molar refractivity (Wildman–Crippen MR) is 67.6 cm³/mol. The molecule has 2 aromatic carbocycles. The van der Waals surface area contributed by atoms with E-state index in [0.29, 0.717) is 5.56 Å². The van der Waals surface area contributed by atoms with E-state index >= 15 is 0 Å². The molecule has 1 N–H and O–H groups in total. The van der Waals surface area contributed by atoms with E-state index < -0.39 is 0 Å². The van der Waals surface area contributed by atoms with Crippen LogP contribution in [0.15, 0.2) is 58.3 Å². The first-order valence-corrected chi connectivity index (χ1v) is 6.01. The van der Waals surface area contributed by atoms with Crippen LogP contribution in [0.5, 0.6) is 0 Å². The zero-order chi connectivity index (χ0) is 12.1. The van der Waals surface area contributed by atoms with Gasteiger partial charge in [-0.15, -0.1) is 0 Å². The van der Waals surface area contributed by atoms with Crippen LogP contribution >= 0.6 is 11.8 Å². The molecule has 0 saturated heterocycles. The number of nitriles is 1. The molecule has 0 fully saturated rings. The van der Waals surface area contributed by atoms with Crippen LogP contribution in [0.3, 0.4) is 0 Å². The molecular weight excluding hydrogens is 230 g/mol. The molecule has 0 aliphatic carbocycles. The summed E-state index contributed by atoms with van der Waals surface area (Å²) in [7, 11) is 0. The van der Waals surface area contributed by atoms with Crippen molar-refractivity contribution in [1.82, 2.24) is 0 Å². The van der Waals surface area contributed by atoms with Crippen molar-refractivity contribution in [2.24, 2.45) is 0 Å². The van der Waals surface area contributed by atoms with Crippen LogP contribution < -0.4 is 0 Å². The Kier molecular flexibility index (Phi) is 3.81. The van der Waals surface area contributed by atoms with Gasteiger partial charge in [-0.2, -0.15) is 5.26 Å². The van der Waals surface area contributed by atoms with Gasteiger partial charge in [0.25, 0.3) is 0 Å². The number of hydrogen-bond donors (Lipinski definition) is 1.